The van der Waals surface area contributed by atoms with Crippen molar-refractivity contribution in [2.45, 2.75) is 45.2 Å². The van der Waals surface area contributed by atoms with E-state index in [1.807, 2.05) is 36.4 Å². The second kappa shape index (κ2) is 14.5. The summed E-state index contributed by atoms with van der Waals surface area (Å²) in [6.07, 6.45) is 6.97. The van der Waals surface area contributed by atoms with Gasteiger partial charge in [0.15, 0.2) is 0 Å². The van der Waals surface area contributed by atoms with Crippen LogP contribution in [0.4, 0.5) is 20.2 Å². The van der Waals surface area contributed by atoms with Crippen LogP contribution in [-0.2, 0) is 28.4 Å². The Morgan fingerprint density at radius 2 is 1.60 bits per heavy atom. The number of halogens is 2. The molecule has 2 atom stereocenters. The molecule has 4 heterocycles. The van der Waals surface area contributed by atoms with Crippen LogP contribution in [0.3, 0.4) is 0 Å². The maximum atomic E-state index is 14.9. The molecule has 0 radical (unpaired) electrons. The van der Waals surface area contributed by atoms with Crippen molar-refractivity contribution in [2.75, 3.05) is 49.2 Å². The Balaban J connectivity index is 0.915. The summed E-state index contributed by atoms with van der Waals surface area (Å²) in [6.45, 7) is 8.84. The minimum Gasteiger partial charge on any atom is -0.491 e. The predicted molar refractivity (Wildman–Crippen MR) is 185 cm³/mol. The van der Waals surface area contributed by atoms with Crippen molar-refractivity contribution in [1.82, 2.24) is 23.9 Å². The van der Waals surface area contributed by atoms with Crippen LogP contribution in [0.1, 0.15) is 25.8 Å². The normalized spacial score (nSPS) is 19.4. The van der Waals surface area contributed by atoms with Gasteiger partial charge in [-0.05, 0) is 73.0 Å². The highest BCUT2D eigenvalue weighted by atomic mass is 19.1. The summed E-state index contributed by atoms with van der Waals surface area (Å²) < 4.78 is 51.8. The number of aryl methyl sites for hydroxylation is 1. The SMILES string of the molecule is CC(C)CCn1ncn(-c2ccc(N3CCN(c4ccc(OC[C@@H]5CO[C@@](Cn6ccnc6)(c6ccc(F)cc6F)O5)cc4)CC3)cc2)c1=O. The molecule has 0 amide bonds. The molecule has 11 nitrogen and oxygen atoms in total. The molecule has 50 heavy (non-hydrogen) atoms. The van der Waals surface area contributed by atoms with Crippen molar-refractivity contribution in [2.24, 2.45) is 5.92 Å². The van der Waals surface area contributed by atoms with E-state index in [9.17, 15) is 13.6 Å². The van der Waals surface area contributed by atoms with Gasteiger partial charge in [-0.15, -0.1) is 0 Å². The Hall–Kier alpha value is -5.01. The number of imidazole rings is 1. The van der Waals surface area contributed by atoms with Gasteiger partial charge in [0.05, 0.1) is 25.2 Å². The molecule has 0 aliphatic carbocycles. The van der Waals surface area contributed by atoms with Gasteiger partial charge in [0.25, 0.3) is 0 Å². The van der Waals surface area contributed by atoms with E-state index in [2.05, 4.69) is 45.9 Å². The zero-order valence-electron chi connectivity index (χ0n) is 28.2. The van der Waals surface area contributed by atoms with Crippen molar-refractivity contribution < 1.29 is 23.0 Å². The van der Waals surface area contributed by atoms with Crippen LogP contribution in [-0.4, -0.2) is 69.4 Å². The van der Waals surface area contributed by atoms with Gasteiger partial charge in [-0.3, -0.25) is 0 Å². The first kappa shape index (κ1) is 33.5. The summed E-state index contributed by atoms with van der Waals surface area (Å²) in [5, 5.41) is 4.29. The first-order valence-corrected chi connectivity index (χ1v) is 17.0. The fourth-order valence-electron chi connectivity index (χ4n) is 6.41. The van der Waals surface area contributed by atoms with Gasteiger partial charge in [-0.25, -0.2) is 27.8 Å². The molecule has 2 aliphatic heterocycles. The lowest BCUT2D eigenvalue weighted by Gasteiger charge is -2.37. The number of benzene rings is 3. The average molecular weight is 686 g/mol. The molecule has 13 heteroatoms. The number of piperazine rings is 1. The zero-order valence-corrected chi connectivity index (χ0v) is 28.2. The van der Waals surface area contributed by atoms with Gasteiger partial charge in [0.2, 0.25) is 5.79 Å². The van der Waals surface area contributed by atoms with Crippen LogP contribution >= 0.6 is 0 Å². The molecular formula is C37H41F2N7O4. The third-order valence-electron chi connectivity index (χ3n) is 9.21. The molecule has 262 valence electrons. The average Bonchev–Trinajstić information content (AvgIpc) is 3.88. The van der Waals surface area contributed by atoms with Gasteiger partial charge in [-0.1, -0.05) is 13.8 Å². The van der Waals surface area contributed by atoms with Crippen molar-refractivity contribution in [3.8, 4) is 11.4 Å². The van der Waals surface area contributed by atoms with Crippen molar-refractivity contribution in [3.05, 3.63) is 119 Å². The predicted octanol–water partition coefficient (Wildman–Crippen LogP) is 5.23. The molecule has 5 aromatic rings. The monoisotopic (exact) mass is 685 g/mol. The number of hydrogen-bond donors (Lipinski definition) is 0. The summed E-state index contributed by atoms with van der Waals surface area (Å²) in [7, 11) is 0. The quantitative estimate of drug-likeness (QED) is 0.177. The lowest BCUT2D eigenvalue weighted by Crippen LogP contribution is -2.46. The number of ether oxygens (including phenoxy) is 3. The fourth-order valence-corrected chi connectivity index (χ4v) is 6.41. The number of anilines is 2. The van der Waals surface area contributed by atoms with Crippen LogP contribution in [0.15, 0.2) is 96.6 Å². The highest BCUT2D eigenvalue weighted by Gasteiger charge is 2.46. The molecule has 3 aromatic carbocycles. The van der Waals surface area contributed by atoms with E-state index in [1.165, 1.54) is 16.8 Å². The molecule has 0 bridgehead atoms. The third-order valence-corrected chi connectivity index (χ3v) is 9.21. The molecule has 0 unspecified atom stereocenters. The Kier molecular flexibility index (Phi) is 9.68. The third kappa shape index (κ3) is 7.29. The largest absolute Gasteiger partial charge is 0.491 e. The zero-order chi connectivity index (χ0) is 34.7. The molecule has 0 N–H and O–H groups in total. The highest BCUT2D eigenvalue weighted by molar-refractivity contribution is 5.54. The highest BCUT2D eigenvalue weighted by Crippen LogP contribution is 2.38. The molecule has 0 saturated carbocycles. The van der Waals surface area contributed by atoms with E-state index in [0.29, 0.717) is 18.2 Å². The van der Waals surface area contributed by atoms with E-state index < -0.39 is 23.5 Å². The second-order valence-corrected chi connectivity index (χ2v) is 13.1. The standard InChI is InChI=1S/C37H41F2N7O4/c1-27(2)13-15-46-36(47)45(26-41-46)31-6-4-29(5-7-31)43-17-19-44(20-18-43)30-8-10-32(11-9-30)48-22-33-23-49-37(50-33,24-42-16-14-40-25-42)34-12-3-28(38)21-35(34)39/h3-12,14,16,21,25-27,33H,13,15,17-20,22-24H2,1-2H3/t33-,37-/m1/s1. The maximum absolute atomic E-state index is 14.9. The van der Waals surface area contributed by atoms with Crippen molar-refractivity contribution in [3.63, 3.8) is 0 Å². The molecule has 2 fully saturated rings. The number of rotatable bonds is 12. The lowest BCUT2D eigenvalue weighted by molar-refractivity contribution is -0.191. The smallest absolute Gasteiger partial charge is 0.350 e. The van der Waals surface area contributed by atoms with E-state index in [4.69, 9.17) is 14.2 Å². The van der Waals surface area contributed by atoms with Gasteiger partial charge < -0.3 is 28.6 Å². The van der Waals surface area contributed by atoms with Crippen LogP contribution in [0.25, 0.3) is 5.69 Å². The van der Waals surface area contributed by atoms with Gasteiger partial charge in [0, 0.05) is 68.1 Å². The lowest BCUT2D eigenvalue weighted by atomic mass is 10.0. The molecule has 7 rings (SSSR count). The first-order chi connectivity index (χ1) is 24.3. The van der Waals surface area contributed by atoms with Gasteiger partial charge >= 0.3 is 5.69 Å². The van der Waals surface area contributed by atoms with Crippen LogP contribution in [0.2, 0.25) is 0 Å². The van der Waals surface area contributed by atoms with E-state index >= 15 is 0 Å². The van der Waals surface area contributed by atoms with Gasteiger partial charge in [-0.2, -0.15) is 5.10 Å². The minimum atomic E-state index is -1.45. The maximum Gasteiger partial charge on any atom is 0.350 e. The van der Waals surface area contributed by atoms with E-state index in [0.717, 1.165) is 55.7 Å². The van der Waals surface area contributed by atoms with Crippen molar-refractivity contribution >= 4 is 11.4 Å². The van der Waals surface area contributed by atoms with E-state index in [-0.39, 0.29) is 31.0 Å². The molecular weight excluding hydrogens is 644 g/mol. The van der Waals surface area contributed by atoms with Gasteiger partial charge in [0.1, 0.15) is 36.4 Å². The summed E-state index contributed by atoms with van der Waals surface area (Å²) in [4.78, 5) is 21.6. The summed E-state index contributed by atoms with van der Waals surface area (Å²) >= 11 is 0. The molecule has 2 aromatic heterocycles. The molecule has 0 spiro atoms. The Labute approximate surface area is 289 Å². The van der Waals surface area contributed by atoms with Crippen LogP contribution < -0.4 is 20.2 Å². The minimum absolute atomic E-state index is 0.119. The fraction of sp³-hybridized carbons (Fsp3) is 0.378. The summed E-state index contributed by atoms with van der Waals surface area (Å²) in [5.41, 5.74) is 3.03. The number of hydrogen-bond acceptors (Lipinski definition) is 8. The topological polar surface area (TPSA) is 91.8 Å². The number of aromatic nitrogens is 5. The second-order valence-electron chi connectivity index (χ2n) is 13.1. The Morgan fingerprint density at radius 1 is 0.920 bits per heavy atom. The number of nitrogens with zero attached hydrogens (tertiary/aromatic N) is 7. The molecule has 2 saturated heterocycles. The first-order valence-electron chi connectivity index (χ1n) is 17.0. The van der Waals surface area contributed by atoms with Crippen LogP contribution in [0.5, 0.6) is 5.75 Å². The van der Waals surface area contributed by atoms with Crippen LogP contribution in [0, 0.1) is 17.6 Å². The van der Waals surface area contributed by atoms with E-state index in [1.54, 1.807) is 34.2 Å². The molecule has 2 aliphatic rings. The summed E-state index contributed by atoms with van der Waals surface area (Å²) in [6, 6.07) is 19.4. The summed E-state index contributed by atoms with van der Waals surface area (Å²) in [5.74, 6) is -1.67. The Bertz CT molecular complexity index is 1920. The Morgan fingerprint density at radius 3 is 2.24 bits per heavy atom. The van der Waals surface area contributed by atoms with Crippen molar-refractivity contribution in [1.29, 1.82) is 0 Å².